The zero-order chi connectivity index (χ0) is 8.10. The minimum absolute atomic E-state index is 0.179. The molecule has 0 aromatic heterocycles. The molecule has 62 valence electrons. The first kappa shape index (κ1) is 8.04. The number of aliphatic imine (C=N–C) groups is 1. The Morgan fingerprint density at radius 1 is 1.82 bits per heavy atom. The van der Waals surface area contributed by atoms with Crippen LogP contribution in [0.5, 0.6) is 0 Å². The van der Waals surface area contributed by atoms with Crippen molar-refractivity contribution >= 4 is 11.8 Å². The summed E-state index contributed by atoms with van der Waals surface area (Å²) >= 11 is 0. The summed E-state index contributed by atoms with van der Waals surface area (Å²) in [6, 6.07) is 0. The predicted molar refractivity (Wildman–Crippen MR) is 41.6 cm³/mol. The monoisotopic (exact) mass is 156 g/mol. The van der Waals surface area contributed by atoms with Crippen LogP contribution in [0, 0.1) is 0 Å². The molecule has 4 heteroatoms. The van der Waals surface area contributed by atoms with E-state index in [1.807, 2.05) is 0 Å². The zero-order valence-corrected chi connectivity index (χ0v) is 6.59. The van der Waals surface area contributed by atoms with E-state index < -0.39 is 0 Å². The maximum absolute atomic E-state index is 10.7. The van der Waals surface area contributed by atoms with E-state index in [4.69, 9.17) is 0 Å². The molecule has 0 bridgehead atoms. The third-order valence-corrected chi connectivity index (χ3v) is 1.54. The van der Waals surface area contributed by atoms with E-state index in [0.29, 0.717) is 12.8 Å². The van der Waals surface area contributed by atoms with Gasteiger partial charge in [-0.25, -0.2) is 0 Å². The molecule has 1 rings (SSSR count). The van der Waals surface area contributed by atoms with Crippen molar-refractivity contribution in [3.8, 4) is 0 Å². The van der Waals surface area contributed by atoms with Gasteiger partial charge in [0.15, 0.2) is 0 Å². The highest BCUT2D eigenvalue weighted by Gasteiger charge is 2.07. The predicted octanol–water partition coefficient (Wildman–Crippen LogP) is -0.0587. The summed E-state index contributed by atoms with van der Waals surface area (Å²) in [5.74, 6) is 0.747. The van der Waals surface area contributed by atoms with Gasteiger partial charge in [0.25, 0.3) is 0 Å². The molecular weight excluding hydrogens is 144 g/mol. The second-order valence-electron chi connectivity index (χ2n) is 2.33. The van der Waals surface area contributed by atoms with Gasteiger partial charge in [-0.15, -0.1) is 0 Å². The molecule has 0 aliphatic carbocycles. The summed E-state index contributed by atoms with van der Waals surface area (Å²) in [6.45, 7) is 1.73. The first-order valence-electron chi connectivity index (χ1n) is 3.67. The first-order valence-corrected chi connectivity index (χ1v) is 3.67. The van der Waals surface area contributed by atoms with Crippen molar-refractivity contribution in [3.05, 3.63) is 0 Å². The molecule has 0 unspecified atom stereocenters. The van der Waals surface area contributed by atoms with Crippen LogP contribution < -0.4 is 5.32 Å². The van der Waals surface area contributed by atoms with Gasteiger partial charge in [0.05, 0.1) is 25.9 Å². The standard InChI is InChI=1S/C7H12N2O2/c1-11-7(10)3-2-6-8-4-5-9-6/h2-5H2,1H3,(H,8,9). The average Bonchev–Trinajstić information content (AvgIpc) is 2.52. The normalized spacial score (nSPS) is 15.5. The van der Waals surface area contributed by atoms with Gasteiger partial charge in [-0.05, 0) is 0 Å². The Bertz CT molecular complexity index is 177. The zero-order valence-electron chi connectivity index (χ0n) is 6.59. The molecule has 0 radical (unpaired) electrons. The van der Waals surface area contributed by atoms with E-state index in [-0.39, 0.29) is 5.97 Å². The molecule has 0 spiro atoms. The molecular formula is C7H12N2O2. The van der Waals surface area contributed by atoms with Crippen LogP contribution in [0.15, 0.2) is 4.99 Å². The molecule has 1 aliphatic rings. The van der Waals surface area contributed by atoms with Crippen LogP contribution in [-0.2, 0) is 9.53 Å². The molecule has 0 aromatic carbocycles. The number of carbonyl (C=O) groups is 1. The lowest BCUT2D eigenvalue weighted by molar-refractivity contribution is -0.140. The Labute approximate surface area is 65.6 Å². The quantitative estimate of drug-likeness (QED) is 0.582. The molecule has 0 atom stereocenters. The Morgan fingerprint density at radius 2 is 2.64 bits per heavy atom. The minimum Gasteiger partial charge on any atom is -0.469 e. The van der Waals surface area contributed by atoms with Gasteiger partial charge in [-0.3, -0.25) is 9.79 Å². The van der Waals surface area contributed by atoms with Crippen molar-refractivity contribution in [3.63, 3.8) is 0 Å². The summed E-state index contributed by atoms with van der Waals surface area (Å²) in [5, 5.41) is 3.08. The van der Waals surface area contributed by atoms with Crippen molar-refractivity contribution in [2.75, 3.05) is 20.2 Å². The molecule has 1 N–H and O–H groups in total. The van der Waals surface area contributed by atoms with Gasteiger partial charge in [0.2, 0.25) is 0 Å². The maximum Gasteiger partial charge on any atom is 0.305 e. The van der Waals surface area contributed by atoms with Crippen LogP contribution in [-0.4, -0.2) is 32.0 Å². The number of nitrogens with zero attached hydrogens (tertiary/aromatic N) is 1. The highest BCUT2D eigenvalue weighted by atomic mass is 16.5. The van der Waals surface area contributed by atoms with E-state index in [9.17, 15) is 4.79 Å². The lowest BCUT2D eigenvalue weighted by Crippen LogP contribution is -2.19. The van der Waals surface area contributed by atoms with Crippen LogP contribution in [0.3, 0.4) is 0 Å². The Morgan fingerprint density at radius 3 is 3.18 bits per heavy atom. The second kappa shape index (κ2) is 3.95. The third-order valence-electron chi connectivity index (χ3n) is 1.54. The molecule has 11 heavy (non-hydrogen) atoms. The van der Waals surface area contributed by atoms with E-state index in [2.05, 4.69) is 15.0 Å². The SMILES string of the molecule is COC(=O)CCC1=NCCN1. The van der Waals surface area contributed by atoms with Gasteiger partial charge >= 0.3 is 5.97 Å². The highest BCUT2D eigenvalue weighted by Crippen LogP contribution is 1.96. The molecule has 4 nitrogen and oxygen atoms in total. The molecule has 0 saturated carbocycles. The van der Waals surface area contributed by atoms with Gasteiger partial charge < -0.3 is 10.1 Å². The average molecular weight is 156 g/mol. The molecule has 1 heterocycles. The fraction of sp³-hybridized carbons (Fsp3) is 0.714. The van der Waals surface area contributed by atoms with E-state index in [1.54, 1.807) is 0 Å². The fourth-order valence-corrected chi connectivity index (χ4v) is 0.937. The highest BCUT2D eigenvalue weighted by molar-refractivity contribution is 5.86. The number of esters is 1. The summed E-state index contributed by atoms with van der Waals surface area (Å²) in [6.07, 6.45) is 1.09. The summed E-state index contributed by atoms with van der Waals surface area (Å²) in [5.41, 5.74) is 0. The van der Waals surface area contributed by atoms with Gasteiger partial charge in [0, 0.05) is 13.0 Å². The summed E-state index contributed by atoms with van der Waals surface area (Å²) in [4.78, 5) is 14.8. The molecule has 0 saturated heterocycles. The topological polar surface area (TPSA) is 50.7 Å². The van der Waals surface area contributed by atoms with Crippen molar-refractivity contribution < 1.29 is 9.53 Å². The number of amidine groups is 1. The van der Waals surface area contributed by atoms with E-state index in [1.165, 1.54) is 7.11 Å². The van der Waals surface area contributed by atoms with Crippen LogP contribution >= 0.6 is 0 Å². The maximum atomic E-state index is 10.7. The number of hydrogen-bond donors (Lipinski definition) is 1. The molecule has 0 fully saturated rings. The molecule has 0 aromatic rings. The van der Waals surface area contributed by atoms with E-state index in [0.717, 1.165) is 18.9 Å². The summed E-state index contributed by atoms with van der Waals surface area (Å²) < 4.78 is 4.49. The van der Waals surface area contributed by atoms with Crippen molar-refractivity contribution in [2.24, 2.45) is 4.99 Å². The van der Waals surface area contributed by atoms with Crippen molar-refractivity contribution in [1.82, 2.24) is 5.32 Å². The smallest absolute Gasteiger partial charge is 0.305 e. The van der Waals surface area contributed by atoms with Gasteiger partial charge in [-0.2, -0.15) is 0 Å². The first-order chi connectivity index (χ1) is 5.33. The van der Waals surface area contributed by atoms with Gasteiger partial charge in [-0.1, -0.05) is 0 Å². The minimum atomic E-state index is -0.179. The van der Waals surface area contributed by atoms with Crippen LogP contribution in [0.1, 0.15) is 12.8 Å². The van der Waals surface area contributed by atoms with E-state index >= 15 is 0 Å². The molecule has 0 amide bonds. The second-order valence-corrected chi connectivity index (χ2v) is 2.33. The number of hydrogen-bond acceptors (Lipinski definition) is 4. The Hall–Kier alpha value is -1.06. The lowest BCUT2D eigenvalue weighted by atomic mass is 10.3. The largest absolute Gasteiger partial charge is 0.469 e. The summed E-state index contributed by atoms with van der Waals surface area (Å²) in [7, 11) is 1.40. The lowest BCUT2D eigenvalue weighted by Gasteiger charge is -1.99. The third kappa shape index (κ3) is 2.57. The van der Waals surface area contributed by atoms with Gasteiger partial charge in [0.1, 0.15) is 0 Å². The number of rotatable bonds is 3. The Kier molecular flexibility index (Phi) is 2.89. The number of nitrogens with one attached hydrogen (secondary N) is 1. The Balaban J connectivity index is 2.16. The van der Waals surface area contributed by atoms with Crippen LogP contribution in [0.2, 0.25) is 0 Å². The van der Waals surface area contributed by atoms with Crippen molar-refractivity contribution in [2.45, 2.75) is 12.8 Å². The number of methoxy groups -OCH3 is 1. The van der Waals surface area contributed by atoms with Crippen molar-refractivity contribution in [1.29, 1.82) is 0 Å². The van der Waals surface area contributed by atoms with Crippen LogP contribution in [0.25, 0.3) is 0 Å². The molecule has 1 aliphatic heterocycles. The fourth-order valence-electron chi connectivity index (χ4n) is 0.937. The van der Waals surface area contributed by atoms with Crippen LogP contribution in [0.4, 0.5) is 0 Å². The number of ether oxygens (including phenoxy) is 1. The number of carbonyl (C=O) groups excluding carboxylic acids is 1.